The van der Waals surface area contributed by atoms with Gasteiger partial charge in [0.2, 0.25) is 0 Å². The molecule has 1 atom stereocenters. The third-order valence-electron chi connectivity index (χ3n) is 7.17. The van der Waals surface area contributed by atoms with Gasteiger partial charge in [0.1, 0.15) is 22.8 Å². The largest absolute Gasteiger partial charge is 0.423 e. The van der Waals surface area contributed by atoms with E-state index in [-0.39, 0.29) is 54.8 Å². The molecule has 11 nitrogen and oxygen atoms in total. The standard InChI is InChI=1S/C27H25F7N8O3/c1-13(38-19-9-37-40-23(43)20(19)27(32,33)34)4-3-5-41-12-36-18-7-14(17(28)6-15(18)24(41)44)21-35-8-16(26(29,30)31)22(39-21)42-10-25(2,45)11-42/h6-9,12-13,45H,3-5,10-11H2,1-2H3,(H2,38,40,43)/t13-/m0/s1. The van der Waals surface area contributed by atoms with Crippen LogP contribution in [-0.2, 0) is 18.9 Å². The van der Waals surface area contributed by atoms with Crippen LogP contribution in [0.25, 0.3) is 22.3 Å². The smallest absolute Gasteiger partial charge is 0.386 e. The molecule has 1 saturated heterocycles. The molecule has 1 aromatic carbocycles. The van der Waals surface area contributed by atoms with E-state index in [4.69, 9.17) is 0 Å². The molecule has 3 aromatic heterocycles. The van der Waals surface area contributed by atoms with Gasteiger partial charge in [-0.05, 0) is 38.8 Å². The van der Waals surface area contributed by atoms with Crippen LogP contribution >= 0.6 is 0 Å². The van der Waals surface area contributed by atoms with Crippen LogP contribution in [0.2, 0.25) is 0 Å². The van der Waals surface area contributed by atoms with Crippen molar-refractivity contribution in [3.05, 3.63) is 68.5 Å². The second-order valence-electron chi connectivity index (χ2n) is 11.0. The van der Waals surface area contributed by atoms with Crippen LogP contribution in [0.4, 0.5) is 42.2 Å². The SMILES string of the molecule is C[C@@H](CCCn1cnc2cc(-c3ncc(C(F)(F)F)c(N4CC(C)(O)C4)n3)c(F)cc2c1=O)Nc1cn[nH]c(=O)c1C(F)(F)F. The molecular formula is C27H25F7N8O3. The molecular weight excluding hydrogens is 617 g/mol. The highest BCUT2D eigenvalue weighted by atomic mass is 19.4. The van der Waals surface area contributed by atoms with Crippen LogP contribution in [0.15, 0.2) is 40.4 Å². The average molecular weight is 643 g/mol. The van der Waals surface area contributed by atoms with Crippen LogP contribution in [0.1, 0.15) is 37.8 Å². The van der Waals surface area contributed by atoms with Crippen molar-refractivity contribution >= 4 is 22.4 Å². The number of hydrogen-bond acceptors (Lipinski definition) is 9. The molecule has 45 heavy (non-hydrogen) atoms. The number of aliphatic hydroxyl groups is 1. The van der Waals surface area contributed by atoms with E-state index in [1.807, 2.05) is 0 Å². The van der Waals surface area contributed by atoms with E-state index >= 15 is 4.39 Å². The fraction of sp³-hybridized carbons (Fsp3) is 0.407. The van der Waals surface area contributed by atoms with Gasteiger partial charge in [0.25, 0.3) is 11.1 Å². The number of nitrogens with one attached hydrogen (secondary N) is 2. The number of H-pyrrole nitrogens is 1. The fourth-order valence-corrected chi connectivity index (χ4v) is 5.07. The first kappa shape index (κ1) is 31.8. The van der Waals surface area contributed by atoms with E-state index in [1.165, 1.54) is 22.7 Å². The third kappa shape index (κ3) is 6.59. The zero-order valence-electron chi connectivity index (χ0n) is 23.6. The Kier molecular flexibility index (Phi) is 8.05. The third-order valence-corrected chi connectivity index (χ3v) is 7.17. The molecule has 1 aliphatic heterocycles. The highest BCUT2D eigenvalue weighted by Crippen LogP contribution is 2.39. The number of aromatic amines is 1. The molecule has 0 aliphatic carbocycles. The summed E-state index contributed by atoms with van der Waals surface area (Å²) in [6.45, 7) is 2.86. The van der Waals surface area contributed by atoms with Gasteiger partial charge in [0.15, 0.2) is 5.82 Å². The molecule has 5 rings (SSSR count). The van der Waals surface area contributed by atoms with Gasteiger partial charge < -0.3 is 15.3 Å². The molecule has 1 fully saturated rings. The first-order chi connectivity index (χ1) is 20.9. The van der Waals surface area contributed by atoms with Crippen molar-refractivity contribution in [1.82, 2.24) is 29.7 Å². The Labute approximate surface area is 248 Å². The van der Waals surface area contributed by atoms with Gasteiger partial charge in [0.05, 0.1) is 40.3 Å². The number of aryl methyl sites for hydroxylation is 1. The number of β-amino-alcohol motifs (C(OH)–C–C–N with tert-alkyl or cyclic N) is 1. The van der Waals surface area contributed by atoms with Crippen molar-refractivity contribution in [3.8, 4) is 11.4 Å². The number of fused-ring (bicyclic) bond motifs is 1. The Morgan fingerprint density at radius 3 is 2.44 bits per heavy atom. The predicted molar refractivity (Wildman–Crippen MR) is 147 cm³/mol. The van der Waals surface area contributed by atoms with Crippen molar-refractivity contribution in [3.63, 3.8) is 0 Å². The van der Waals surface area contributed by atoms with Crippen LogP contribution in [0.5, 0.6) is 0 Å². The van der Waals surface area contributed by atoms with Crippen LogP contribution in [0, 0.1) is 5.82 Å². The van der Waals surface area contributed by atoms with Crippen molar-refractivity contribution in [2.75, 3.05) is 23.3 Å². The summed E-state index contributed by atoms with van der Waals surface area (Å²) in [5, 5.41) is 17.6. The molecule has 4 aromatic rings. The highest BCUT2D eigenvalue weighted by Gasteiger charge is 2.43. The Hall–Kier alpha value is -4.61. The molecule has 240 valence electrons. The van der Waals surface area contributed by atoms with E-state index < -0.39 is 63.6 Å². The number of nitrogens with zero attached hydrogens (tertiary/aromatic N) is 6. The summed E-state index contributed by atoms with van der Waals surface area (Å²) in [7, 11) is 0. The average Bonchev–Trinajstić information content (AvgIpc) is 2.91. The molecule has 0 bridgehead atoms. The van der Waals surface area contributed by atoms with Crippen LogP contribution in [-0.4, -0.2) is 59.6 Å². The normalized spacial score (nSPS) is 15.6. The van der Waals surface area contributed by atoms with E-state index in [1.54, 1.807) is 12.0 Å². The molecule has 0 amide bonds. The minimum Gasteiger partial charge on any atom is -0.386 e. The van der Waals surface area contributed by atoms with E-state index in [0.29, 0.717) is 6.20 Å². The van der Waals surface area contributed by atoms with E-state index in [2.05, 4.69) is 25.4 Å². The van der Waals surface area contributed by atoms with Gasteiger partial charge in [-0.2, -0.15) is 31.4 Å². The number of anilines is 2. The van der Waals surface area contributed by atoms with Gasteiger partial charge in [-0.15, -0.1) is 0 Å². The maximum absolute atomic E-state index is 15.3. The van der Waals surface area contributed by atoms with Gasteiger partial charge in [-0.25, -0.2) is 24.4 Å². The van der Waals surface area contributed by atoms with Crippen LogP contribution < -0.4 is 21.3 Å². The first-order valence-corrected chi connectivity index (χ1v) is 13.5. The number of hydrogen-bond donors (Lipinski definition) is 3. The lowest BCUT2D eigenvalue weighted by molar-refractivity contribution is -0.138. The number of benzene rings is 1. The molecule has 0 unspecified atom stereocenters. The van der Waals surface area contributed by atoms with Gasteiger partial charge in [-0.1, -0.05) is 0 Å². The maximum Gasteiger partial charge on any atom is 0.423 e. The topological polar surface area (TPSA) is 142 Å². The second-order valence-corrected chi connectivity index (χ2v) is 11.0. The Balaban J connectivity index is 1.34. The summed E-state index contributed by atoms with van der Waals surface area (Å²) < 4.78 is 97.2. The first-order valence-electron chi connectivity index (χ1n) is 13.5. The monoisotopic (exact) mass is 642 g/mol. The lowest BCUT2D eigenvalue weighted by Gasteiger charge is -2.45. The Morgan fingerprint density at radius 1 is 1.09 bits per heavy atom. The second kappa shape index (κ2) is 11.4. The molecule has 0 saturated carbocycles. The summed E-state index contributed by atoms with van der Waals surface area (Å²) in [5.74, 6) is -1.87. The summed E-state index contributed by atoms with van der Waals surface area (Å²) >= 11 is 0. The summed E-state index contributed by atoms with van der Waals surface area (Å²) in [6.07, 6.45) is -6.59. The summed E-state index contributed by atoms with van der Waals surface area (Å²) in [4.78, 5) is 37.8. The highest BCUT2D eigenvalue weighted by molar-refractivity contribution is 5.82. The Morgan fingerprint density at radius 2 is 1.80 bits per heavy atom. The lowest BCUT2D eigenvalue weighted by atomic mass is 9.96. The lowest BCUT2D eigenvalue weighted by Crippen LogP contribution is -2.60. The van der Waals surface area contributed by atoms with Crippen LogP contribution in [0.3, 0.4) is 0 Å². The fourth-order valence-electron chi connectivity index (χ4n) is 5.07. The van der Waals surface area contributed by atoms with E-state index in [0.717, 1.165) is 18.3 Å². The van der Waals surface area contributed by atoms with Gasteiger partial charge >= 0.3 is 12.4 Å². The molecule has 18 heteroatoms. The maximum atomic E-state index is 15.3. The number of aromatic nitrogens is 6. The summed E-state index contributed by atoms with van der Waals surface area (Å²) in [6, 6.07) is 1.47. The minimum atomic E-state index is -4.91. The zero-order valence-corrected chi connectivity index (χ0v) is 23.6. The Bertz CT molecular complexity index is 1860. The molecule has 0 spiro atoms. The number of alkyl halides is 6. The van der Waals surface area contributed by atoms with Crippen molar-refractivity contribution < 1.29 is 35.8 Å². The number of halogens is 7. The summed E-state index contributed by atoms with van der Waals surface area (Å²) in [5.41, 5.74) is -6.54. The molecule has 0 radical (unpaired) electrons. The van der Waals surface area contributed by atoms with Crippen molar-refractivity contribution in [2.45, 2.75) is 57.2 Å². The zero-order chi connectivity index (χ0) is 32.9. The van der Waals surface area contributed by atoms with Crippen molar-refractivity contribution in [1.29, 1.82) is 0 Å². The molecule has 1 aliphatic rings. The minimum absolute atomic E-state index is 0.0288. The predicted octanol–water partition coefficient (Wildman–Crippen LogP) is 3.97. The molecule has 3 N–H and O–H groups in total. The molecule has 4 heterocycles. The van der Waals surface area contributed by atoms with Crippen molar-refractivity contribution in [2.24, 2.45) is 0 Å². The number of rotatable bonds is 8. The van der Waals surface area contributed by atoms with Gasteiger partial charge in [-0.3, -0.25) is 14.2 Å². The quantitative estimate of drug-likeness (QED) is 0.244. The van der Waals surface area contributed by atoms with Gasteiger partial charge in [0, 0.05) is 31.9 Å². The van der Waals surface area contributed by atoms with E-state index in [9.17, 15) is 41.0 Å².